The minimum atomic E-state index is 0.434. The minimum Gasteiger partial charge on any atom is -0.490 e. The van der Waals surface area contributed by atoms with Gasteiger partial charge >= 0.3 is 0 Å². The van der Waals surface area contributed by atoms with E-state index in [1.54, 1.807) is 0 Å². The van der Waals surface area contributed by atoms with Gasteiger partial charge in [0.05, 0.1) is 6.10 Å². The van der Waals surface area contributed by atoms with Gasteiger partial charge in [0.25, 0.3) is 0 Å². The molecule has 2 rings (SSSR count). The van der Waals surface area contributed by atoms with Gasteiger partial charge in [0.2, 0.25) is 0 Å². The Hall–Kier alpha value is -0.500. The number of alkyl halides is 1. The molecule has 1 aromatic carbocycles. The predicted octanol–water partition coefficient (Wildman–Crippen LogP) is 4.93. The van der Waals surface area contributed by atoms with Crippen molar-refractivity contribution in [3.05, 3.63) is 29.8 Å². The second kappa shape index (κ2) is 6.44. The molecule has 0 amide bonds. The molecule has 0 radical (unpaired) electrons. The highest BCUT2D eigenvalue weighted by Gasteiger charge is 2.21. The fraction of sp³-hybridized carbons (Fsp3) is 0.600. The quantitative estimate of drug-likeness (QED) is 0.716. The summed E-state index contributed by atoms with van der Waals surface area (Å²) >= 11 is 3.46. The number of benzene rings is 1. The van der Waals surface area contributed by atoms with Gasteiger partial charge in [-0.3, -0.25) is 0 Å². The van der Waals surface area contributed by atoms with Gasteiger partial charge < -0.3 is 4.74 Å². The van der Waals surface area contributed by atoms with Crippen LogP contribution in [-0.4, -0.2) is 6.10 Å². The fourth-order valence-corrected chi connectivity index (χ4v) is 2.94. The highest BCUT2D eigenvalue weighted by Crippen LogP contribution is 2.29. The van der Waals surface area contributed by atoms with Crippen molar-refractivity contribution in [1.82, 2.24) is 0 Å². The zero-order chi connectivity index (χ0) is 12.1. The zero-order valence-electron chi connectivity index (χ0n) is 10.5. The van der Waals surface area contributed by atoms with E-state index in [4.69, 9.17) is 4.74 Å². The Kier molecular flexibility index (Phi) is 4.90. The third kappa shape index (κ3) is 3.74. The van der Waals surface area contributed by atoms with E-state index in [-0.39, 0.29) is 0 Å². The van der Waals surface area contributed by atoms with Crippen molar-refractivity contribution < 1.29 is 4.74 Å². The fourth-order valence-electron chi connectivity index (χ4n) is 2.57. The molecular formula is C15H21BrO. The van der Waals surface area contributed by atoms with Gasteiger partial charge in [-0.2, -0.15) is 0 Å². The number of ether oxygens (including phenoxy) is 1. The Morgan fingerprint density at radius 1 is 1.24 bits per heavy atom. The molecule has 0 aromatic heterocycles. The number of halogens is 1. The van der Waals surface area contributed by atoms with Crippen molar-refractivity contribution in [3.63, 3.8) is 0 Å². The van der Waals surface area contributed by atoms with Crippen LogP contribution in [0.3, 0.4) is 0 Å². The summed E-state index contributed by atoms with van der Waals surface area (Å²) in [5, 5.41) is 0.911. The van der Waals surface area contributed by atoms with Crippen molar-refractivity contribution in [1.29, 1.82) is 0 Å². The van der Waals surface area contributed by atoms with Crippen molar-refractivity contribution in [2.75, 3.05) is 0 Å². The first-order valence-electron chi connectivity index (χ1n) is 6.63. The summed E-state index contributed by atoms with van der Waals surface area (Å²) in [6, 6.07) is 8.44. The van der Waals surface area contributed by atoms with Crippen molar-refractivity contribution in [2.45, 2.75) is 50.5 Å². The van der Waals surface area contributed by atoms with E-state index < -0.39 is 0 Å². The highest BCUT2D eigenvalue weighted by atomic mass is 79.9. The van der Waals surface area contributed by atoms with Crippen LogP contribution in [0.15, 0.2) is 24.3 Å². The van der Waals surface area contributed by atoms with Gasteiger partial charge in [-0.25, -0.2) is 0 Å². The van der Waals surface area contributed by atoms with Gasteiger partial charge in [-0.15, -0.1) is 0 Å². The summed E-state index contributed by atoms with van der Waals surface area (Å²) in [4.78, 5) is 0. The van der Waals surface area contributed by atoms with E-state index >= 15 is 0 Å². The van der Waals surface area contributed by atoms with Crippen molar-refractivity contribution in [2.24, 2.45) is 5.92 Å². The number of hydrogen-bond donors (Lipinski definition) is 0. The highest BCUT2D eigenvalue weighted by molar-refractivity contribution is 9.08. The molecule has 2 unspecified atom stereocenters. The van der Waals surface area contributed by atoms with Crippen LogP contribution < -0.4 is 4.74 Å². The first-order chi connectivity index (χ1) is 8.31. The summed E-state index contributed by atoms with van der Waals surface area (Å²) in [7, 11) is 0. The third-order valence-corrected chi connectivity index (χ3v) is 4.34. The molecule has 1 saturated carbocycles. The molecule has 1 aliphatic rings. The third-order valence-electron chi connectivity index (χ3n) is 3.69. The van der Waals surface area contributed by atoms with E-state index in [9.17, 15) is 0 Å². The molecule has 0 spiro atoms. The number of rotatable bonds is 4. The first-order valence-corrected chi connectivity index (χ1v) is 7.75. The Labute approximate surface area is 113 Å². The van der Waals surface area contributed by atoms with Gasteiger partial charge in [0.1, 0.15) is 5.75 Å². The molecule has 17 heavy (non-hydrogen) atoms. The molecular weight excluding hydrogens is 276 g/mol. The maximum atomic E-state index is 6.07. The SMILES string of the molecule is CCC1CCCC(Oc2ccc(CBr)cc2)C1. The Bertz CT molecular complexity index is 333. The molecule has 0 aliphatic heterocycles. The molecule has 0 heterocycles. The van der Waals surface area contributed by atoms with Gasteiger partial charge in [-0.1, -0.05) is 47.8 Å². The zero-order valence-corrected chi connectivity index (χ0v) is 12.1. The van der Waals surface area contributed by atoms with Crippen LogP contribution in [0.5, 0.6) is 5.75 Å². The average Bonchev–Trinajstić information content (AvgIpc) is 2.40. The van der Waals surface area contributed by atoms with E-state index in [1.165, 1.54) is 37.7 Å². The van der Waals surface area contributed by atoms with E-state index in [0.29, 0.717) is 6.10 Å². The largest absolute Gasteiger partial charge is 0.490 e. The van der Waals surface area contributed by atoms with Gasteiger partial charge in [0, 0.05) is 5.33 Å². The summed E-state index contributed by atoms with van der Waals surface area (Å²) in [6.07, 6.45) is 6.89. The lowest BCUT2D eigenvalue weighted by atomic mass is 9.85. The van der Waals surface area contributed by atoms with Crippen LogP contribution in [0.1, 0.15) is 44.6 Å². The summed E-state index contributed by atoms with van der Waals surface area (Å²) < 4.78 is 6.07. The summed E-state index contributed by atoms with van der Waals surface area (Å²) in [5.74, 6) is 1.90. The molecule has 94 valence electrons. The summed E-state index contributed by atoms with van der Waals surface area (Å²) in [5.41, 5.74) is 1.30. The second-order valence-corrected chi connectivity index (χ2v) is 5.52. The van der Waals surface area contributed by atoms with Crippen LogP contribution in [0.2, 0.25) is 0 Å². The van der Waals surface area contributed by atoms with Crippen LogP contribution in [0.4, 0.5) is 0 Å². The van der Waals surface area contributed by atoms with Crippen LogP contribution in [0, 0.1) is 5.92 Å². The van der Waals surface area contributed by atoms with E-state index in [1.807, 2.05) is 0 Å². The standard InChI is InChI=1S/C15H21BrO/c1-2-12-4-3-5-15(10-12)17-14-8-6-13(11-16)7-9-14/h6-9,12,15H,2-5,10-11H2,1H3. The molecule has 1 aromatic rings. The topological polar surface area (TPSA) is 9.23 Å². The molecule has 0 bridgehead atoms. The van der Waals surface area contributed by atoms with Crippen molar-refractivity contribution >= 4 is 15.9 Å². The second-order valence-electron chi connectivity index (χ2n) is 4.96. The molecule has 2 heteroatoms. The molecule has 1 aliphatic carbocycles. The normalized spacial score (nSPS) is 24.6. The smallest absolute Gasteiger partial charge is 0.119 e. The maximum absolute atomic E-state index is 6.07. The summed E-state index contributed by atoms with van der Waals surface area (Å²) in [6.45, 7) is 2.29. The van der Waals surface area contributed by atoms with Crippen LogP contribution in [-0.2, 0) is 5.33 Å². The maximum Gasteiger partial charge on any atom is 0.119 e. The van der Waals surface area contributed by atoms with Crippen LogP contribution >= 0.6 is 15.9 Å². The lowest BCUT2D eigenvalue weighted by Gasteiger charge is -2.29. The molecule has 1 fully saturated rings. The number of hydrogen-bond acceptors (Lipinski definition) is 1. The molecule has 1 nitrogen and oxygen atoms in total. The van der Waals surface area contributed by atoms with Gasteiger partial charge in [0.15, 0.2) is 0 Å². The molecule has 2 atom stereocenters. The van der Waals surface area contributed by atoms with Gasteiger partial charge in [-0.05, 0) is 42.9 Å². The first kappa shape index (κ1) is 12.9. The van der Waals surface area contributed by atoms with E-state index in [2.05, 4.69) is 47.1 Å². The molecule has 0 saturated heterocycles. The average molecular weight is 297 g/mol. The minimum absolute atomic E-state index is 0.434. The lowest BCUT2D eigenvalue weighted by Crippen LogP contribution is -2.25. The lowest BCUT2D eigenvalue weighted by molar-refractivity contribution is 0.122. The Balaban J connectivity index is 1.90. The van der Waals surface area contributed by atoms with Crippen molar-refractivity contribution in [3.8, 4) is 5.75 Å². The van der Waals surface area contributed by atoms with E-state index in [0.717, 1.165) is 17.0 Å². The Morgan fingerprint density at radius 2 is 2.00 bits per heavy atom. The molecule has 0 N–H and O–H groups in total. The Morgan fingerprint density at radius 3 is 2.65 bits per heavy atom. The monoisotopic (exact) mass is 296 g/mol. The van der Waals surface area contributed by atoms with Crippen LogP contribution in [0.25, 0.3) is 0 Å². The predicted molar refractivity (Wildman–Crippen MR) is 75.7 cm³/mol.